The molecule has 2 rings (SSSR count). The molecule has 0 N–H and O–H groups in total. The third-order valence-corrected chi connectivity index (χ3v) is 2.71. The van der Waals surface area contributed by atoms with E-state index in [9.17, 15) is 0 Å². The van der Waals surface area contributed by atoms with Crippen LogP contribution in [-0.2, 0) is 6.42 Å². The molecule has 0 bridgehead atoms. The van der Waals surface area contributed by atoms with Crippen LogP contribution in [0.3, 0.4) is 0 Å². The van der Waals surface area contributed by atoms with E-state index in [1.807, 2.05) is 24.6 Å². The third-order valence-electron chi connectivity index (χ3n) is 2.71. The van der Waals surface area contributed by atoms with Gasteiger partial charge in [0.2, 0.25) is 0 Å². The van der Waals surface area contributed by atoms with E-state index in [4.69, 9.17) is 4.74 Å². The van der Waals surface area contributed by atoms with Gasteiger partial charge in [-0.15, -0.1) is 5.10 Å². The molecular weight excluding hydrogens is 228 g/mol. The Hall–Kier alpha value is -1.65. The summed E-state index contributed by atoms with van der Waals surface area (Å²) in [5.74, 6) is 0.367. The number of rotatable bonds is 4. The molecule has 0 saturated heterocycles. The van der Waals surface area contributed by atoms with Gasteiger partial charge in [-0.2, -0.15) is 4.98 Å². The Kier molecular flexibility index (Phi) is 3.50. The van der Waals surface area contributed by atoms with Crippen molar-refractivity contribution in [1.29, 1.82) is 0 Å². The van der Waals surface area contributed by atoms with Gasteiger partial charge < -0.3 is 4.74 Å². The quantitative estimate of drug-likeness (QED) is 0.834. The summed E-state index contributed by atoms with van der Waals surface area (Å²) in [7, 11) is 0. The molecule has 0 aliphatic carbocycles. The number of nitrogens with zero attached hydrogens (tertiary/aromatic N) is 4. The van der Waals surface area contributed by atoms with E-state index in [0.717, 1.165) is 23.5 Å². The lowest BCUT2D eigenvalue weighted by atomic mass is 10.2. The number of fused-ring (bicyclic) bond motifs is 1. The second-order valence-electron chi connectivity index (χ2n) is 4.93. The molecule has 0 aliphatic heterocycles. The number of aryl methyl sites for hydroxylation is 1. The van der Waals surface area contributed by atoms with E-state index in [2.05, 4.69) is 35.8 Å². The molecule has 0 atom stereocenters. The molecule has 18 heavy (non-hydrogen) atoms. The minimum atomic E-state index is 0.0678. The number of hydrogen-bond acceptors (Lipinski definition) is 4. The molecule has 0 aromatic carbocycles. The van der Waals surface area contributed by atoms with Crippen molar-refractivity contribution in [2.24, 2.45) is 0 Å². The summed E-state index contributed by atoms with van der Waals surface area (Å²) in [6, 6.07) is 0.425. The lowest BCUT2D eigenvalue weighted by molar-refractivity contribution is 0.217. The maximum absolute atomic E-state index is 5.60. The van der Waals surface area contributed by atoms with Crippen LogP contribution in [0.25, 0.3) is 5.65 Å². The monoisotopic (exact) mass is 248 g/mol. The van der Waals surface area contributed by atoms with Crippen LogP contribution in [0.2, 0.25) is 0 Å². The molecule has 0 radical (unpaired) electrons. The predicted molar refractivity (Wildman–Crippen MR) is 70.0 cm³/mol. The van der Waals surface area contributed by atoms with Crippen molar-refractivity contribution < 1.29 is 4.74 Å². The zero-order chi connectivity index (χ0) is 13.3. The normalized spacial score (nSPS) is 11.7. The molecule has 0 aliphatic rings. The molecule has 5 nitrogen and oxygen atoms in total. The first-order chi connectivity index (χ1) is 8.52. The summed E-state index contributed by atoms with van der Waals surface area (Å²) in [6.07, 6.45) is 2.75. The lowest BCUT2D eigenvalue weighted by Gasteiger charge is -2.11. The standard InChI is InChI=1S/C13H20N4O/c1-6-10-12-14-7-11(8(2)3)17(12)16-13(15-10)18-9(4)5/h7-9H,6H2,1-5H3. The highest BCUT2D eigenvalue weighted by molar-refractivity contribution is 5.45. The van der Waals surface area contributed by atoms with E-state index in [1.165, 1.54) is 0 Å². The Morgan fingerprint density at radius 1 is 1.28 bits per heavy atom. The van der Waals surface area contributed by atoms with Gasteiger partial charge in [0.15, 0.2) is 5.65 Å². The molecule has 0 fully saturated rings. The molecule has 2 aromatic rings. The van der Waals surface area contributed by atoms with Gasteiger partial charge >= 0.3 is 6.01 Å². The van der Waals surface area contributed by atoms with Gasteiger partial charge in [-0.1, -0.05) is 20.8 Å². The zero-order valence-corrected chi connectivity index (χ0v) is 11.6. The lowest BCUT2D eigenvalue weighted by Crippen LogP contribution is -2.13. The van der Waals surface area contributed by atoms with Crippen LogP contribution in [0.1, 0.15) is 51.9 Å². The van der Waals surface area contributed by atoms with Crippen LogP contribution in [0.4, 0.5) is 0 Å². The van der Waals surface area contributed by atoms with Crippen molar-refractivity contribution in [2.75, 3.05) is 0 Å². The molecule has 0 amide bonds. The average Bonchev–Trinajstić information content (AvgIpc) is 2.70. The van der Waals surface area contributed by atoms with Crippen LogP contribution in [0, 0.1) is 0 Å². The number of aromatic nitrogens is 4. The highest BCUT2D eigenvalue weighted by Gasteiger charge is 2.14. The van der Waals surface area contributed by atoms with Crippen LogP contribution < -0.4 is 4.74 Å². The average molecular weight is 248 g/mol. The summed E-state index contributed by atoms with van der Waals surface area (Å²) in [5.41, 5.74) is 2.83. The first-order valence-corrected chi connectivity index (χ1v) is 6.44. The minimum absolute atomic E-state index is 0.0678. The fraction of sp³-hybridized carbons (Fsp3) is 0.615. The molecule has 5 heteroatoms. The largest absolute Gasteiger partial charge is 0.460 e. The van der Waals surface area contributed by atoms with Crippen LogP contribution >= 0.6 is 0 Å². The summed E-state index contributed by atoms with van der Waals surface area (Å²) in [5, 5.41) is 4.43. The van der Waals surface area contributed by atoms with Crippen molar-refractivity contribution in [2.45, 2.75) is 53.1 Å². The minimum Gasteiger partial charge on any atom is -0.460 e. The van der Waals surface area contributed by atoms with Gasteiger partial charge in [-0.25, -0.2) is 9.50 Å². The van der Waals surface area contributed by atoms with Crippen molar-refractivity contribution in [3.8, 4) is 6.01 Å². The van der Waals surface area contributed by atoms with Crippen molar-refractivity contribution in [3.05, 3.63) is 17.6 Å². The Bertz CT molecular complexity index is 545. The Morgan fingerprint density at radius 2 is 2.00 bits per heavy atom. The summed E-state index contributed by atoms with van der Waals surface area (Å²) >= 11 is 0. The topological polar surface area (TPSA) is 52.3 Å². The van der Waals surface area contributed by atoms with Crippen LogP contribution in [-0.4, -0.2) is 25.7 Å². The van der Waals surface area contributed by atoms with Gasteiger partial charge in [0.25, 0.3) is 0 Å². The summed E-state index contributed by atoms with van der Waals surface area (Å²) in [6.45, 7) is 10.2. The molecular formula is C13H20N4O. The van der Waals surface area contributed by atoms with Crippen molar-refractivity contribution >= 4 is 5.65 Å². The second-order valence-corrected chi connectivity index (χ2v) is 4.93. The second kappa shape index (κ2) is 4.92. The number of ether oxygens (including phenoxy) is 1. The Labute approximate surface area is 107 Å². The fourth-order valence-electron chi connectivity index (χ4n) is 1.83. The summed E-state index contributed by atoms with van der Waals surface area (Å²) < 4.78 is 7.45. The van der Waals surface area contributed by atoms with Crippen LogP contribution in [0.5, 0.6) is 6.01 Å². The molecule has 2 aromatic heterocycles. The maximum atomic E-state index is 5.60. The van der Waals surface area contributed by atoms with E-state index < -0.39 is 0 Å². The van der Waals surface area contributed by atoms with Crippen molar-refractivity contribution in [1.82, 2.24) is 19.6 Å². The van der Waals surface area contributed by atoms with Gasteiger partial charge in [0.05, 0.1) is 23.7 Å². The number of hydrogen-bond donors (Lipinski definition) is 0. The SMILES string of the molecule is CCc1nc(OC(C)C)nn2c(C(C)C)cnc12. The zero-order valence-electron chi connectivity index (χ0n) is 11.6. The highest BCUT2D eigenvalue weighted by atomic mass is 16.5. The van der Waals surface area contributed by atoms with Crippen molar-refractivity contribution in [3.63, 3.8) is 0 Å². The van der Waals surface area contributed by atoms with Gasteiger partial charge in [0, 0.05) is 0 Å². The third kappa shape index (κ3) is 2.30. The molecule has 98 valence electrons. The van der Waals surface area contributed by atoms with E-state index in [0.29, 0.717) is 11.9 Å². The number of imidazole rings is 1. The maximum Gasteiger partial charge on any atom is 0.334 e. The molecule has 0 spiro atoms. The first kappa shape index (κ1) is 12.8. The van der Waals surface area contributed by atoms with E-state index in [1.54, 1.807) is 0 Å². The Morgan fingerprint density at radius 3 is 2.56 bits per heavy atom. The first-order valence-electron chi connectivity index (χ1n) is 6.44. The molecule has 0 unspecified atom stereocenters. The van der Waals surface area contributed by atoms with Gasteiger partial charge in [-0.05, 0) is 26.2 Å². The van der Waals surface area contributed by atoms with Crippen LogP contribution in [0.15, 0.2) is 6.20 Å². The van der Waals surface area contributed by atoms with E-state index >= 15 is 0 Å². The predicted octanol–water partition coefficient (Wildman–Crippen LogP) is 2.60. The Balaban J connectivity index is 2.59. The van der Waals surface area contributed by atoms with Gasteiger partial charge in [-0.3, -0.25) is 0 Å². The smallest absolute Gasteiger partial charge is 0.334 e. The molecule has 0 saturated carbocycles. The van der Waals surface area contributed by atoms with Gasteiger partial charge in [0.1, 0.15) is 0 Å². The highest BCUT2D eigenvalue weighted by Crippen LogP contribution is 2.19. The van der Waals surface area contributed by atoms with E-state index in [-0.39, 0.29) is 6.10 Å². The summed E-state index contributed by atoms with van der Waals surface area (Å²) in [4.78, 5) is 8.83. The fourth-order valence-corrected chi connectivity index (χ4v) is 1.83. The molecule has 2 heterocycles.